The van der Waals surface area contributed by atoms with Gasteiger partial charge in [0.05, 0.1) is 6.10 Å². The van der Waals surface area contributed by atoms with E-state index in [0.29, 0.717) is 12.0 Å². The van der Waals surface area contributed by atoms with E-state index in [9.17, 15) is 0 Å². The largest absolute Gasteiger partial charge is 0.500 e. The lowest BCUT2D eigenvalue weighted by Crippen LogP contribution is -2.42. The van der Waals surface area contributed by atoms with E-state index in [1.807, 2.05) is 0 Å². The molecular weight excluding hydrogens is 332 g/mol. The topological polar surface area (TPSA) is 36.9 Å². The first-order valence-electron chi connectivity index (χ1n) is 9.52. The monoisotopic (exact) mass is 366 g/mol. The van der Waals surface area contributed by atoms with Crippen LogP contribution in [-0.2, 0) is 24.4 Å². The smallest absolute Gasteiger partial charge is 0.378 e. The molecule has 1 aliphatic carbocycles. The Morgan fingerprint density at radius 3 is 2.04 bits per heavy atom. The highest BCUT2D eigenvalue weighted by Gasteiger charge is 2.37. The molecule has 0 bridgehead atoms. The van der Waals surface area contributed by atoms with Gasteiger partial charge in [-0.1, -0.05) is 31.2 Å². The summed E-state index contributed by atoms with van der Waals surface area (Å²) >= 11 is 0. The summed E-state index contributed by atoms with van der Waals surface area (Å²) in [6.07, 6.45) is 7.19. The lowest BCUT2D eigenvalue weighted by atomic mass is 9.82. The van der Waals surface area contributed by atoms with Crippen molar-refractivity contribution >= 4 is 8.80 Å². The van der Waals surface area contributed by atoms with Crippen LogP contribution in [0, 0.1) is 0 Å². The molecule has 0 saturated heterocycles. The maximum atomic E-state index is 6.09. The summed E-state index contributed by atoms with van der Waals surface area (Å²) in [5.41, 5.74) is 2.91. The van der Waals surface area contributed by atoms with Gasteiger partial charge in [0.1, 0.15) is 0 Å². The van der Waals surface area contributed by atoms with Crippen molar-refractivity contribution in [2.75, 3.05) is 27.9 Å². The first kappa shape index (κ1) is 20.6. The van der Waals surface area contributed by atoms with Crippen molar-refractivity contribution in [3.8, 4) is 0 Å². The molecule has 25 heavy (non-hydrogen) atoms. The van der Waals surface area contributed by atoms with E-state index in [-0.39, 0.29) is 0 Å². The third-order valence-corrected chi connectivity index (χ3v) is 8.28. The first-order chi connectivity index (χ1) is 12.2. The van der Waals surface area contributed by atoms with Gasteiger partial charge in [0.15, 0.2) is 0 Å². The van der Waals surface area contributed by atoms with E-state index in [2.05, 4.69) is 31.2 Å². The predicted octanol–water partition coefficient (Wildman–Crippen LogP) is 4.56. The molecule has 1 fully saturated rings. The maximum absolute atomic E-state index is 6.09. The number of ether oxygens (including phenoxy) is 1. The Labute approximate surface area is 154 Å². The van der Waals surface area contributed by atoms with Gasteiger partial charge in [-0.2, -0.15) is 0 Å². The van der Waals surface area contributed by atoms with E-state index < -0.39 is 8.80 Å². The fourth-order valence-corrected chi connectivity index (χ4v) is 5.37. The minimum atomic E-state index is -2.45. The van der Waals surface area contributed by atoms with Crippen LogP contribution in [0.1, 0.15) is 56.1 Å². The molecular formula is C20H34O4Si. The van der Waals surface area contributed by atoms with Crippen molar-refractivity contribution in [1.82, 2.24) is 0 Å². The van der Waals surface area contributed by atoms with Gasteiger partial charge in [0, 0.05) is 34.0 Å². The second kappa shape index (κ2) is 10.4. The summed E-state index contributed by atoms with van der Waals surface area (Å²) in [6, 6.07) is 9.98. The van der Waals surface area contributed by atoms with Crippen molar-refractivity contribution in [1.29, 1.82) is 0 Å². The second-order valence-electron chi connectivity index (χ2n) is 6.84. The summed E-state index contributed by atoms with van der Waals surface area (Å²) in [7, 11) is 2.54. The molecule has 2 rings (SSSR count). The Hall–Kier alpha value is -0.723. The van der Waals surface area contributed by atoms with Crippen LogP contribution in [0.15, 0.2) is 24.3 Å². The third-order valence-electron chi connectivity index (χ3n) is 5.45. The second-order valence-corrected chi connectivity index (χ2v) is 9.93. The number of rotatable bonds is 10. The van der Waals surface area contributed by atoms with E-state index >= 15 is 0 Å². The molecule has 0 N–H and O–H groups in total. The van der Waals surface area contributed by atoms with E-state index in [1.54, 1.807) is 21.3 Å². The molecule has 142 valence electrons. The lowest BCUT2D eigenvalue weighted by Gasteiger charge is -2.29. The minimum Gasteiger partial charge on any atom is -0.378 e. The van der Waals surface area contributed by atoms with Crippen molar-refractivity contribution in [3.63, 3.8) is 0 Å². The van der Waals surface area contributed by atoms with E-state index in [0.717, 1.165) is 38.3 Å². The van der Waals surface area contributed by atoms with Gasteiger partial charge in [-0.3, -0.25) is 0 Å². The van der Waals surface area contributed by atoms with Crippen LogP contribution >= 0.6 is 0 Å². The molecule has 0 radical (unpaired) electrons. The van der Waals surface area contributed by atoms with Gasteiger partial charge in [-0.05, 0) is 55.6 Å². The van der Waals surface area contributed by atoms with Crippen molar-refractivity contribution in [2.45, 2.75) is 63.5 Å². The average molecular weight is 367 g/mol. The average Bonchev–Trinajstić information content (AvgIpc) is 2.69. The highest BCUT2D eigenvalue weighted by Crippen LogP contribution is 2.34. The molecule has 0 atom stereocenters. The predicted molar refractivity (Wildman–Crippen MR) is 103 cm³/mol. The fraction of sp³-hybridized carbons (Fsp3) is 0.700. The molecule has 0 amide bonds. The maximum Gasteiger partial charge on any atom is 0.500 e. The molecule has 1 aromatic rings. The van der Waals surface area contributed by atoms with Crippen LogP contribution in [0.2, 0.25) is 6.04 Å². The van der Waals surface area contributed by atoms with Gasteiger partial charge in [-0.25, -0.2) is 0 Å². The van der Waals surface area contributed by atoms with Gasteiger partial charge >= 0.3 is 8.80 Å². The first-order valence-corrected chi connectivity index (χ1v) is 11.5. The van der Waals surface area contributed by atoms with Gasteiger partial charge in [-0.15, -0.1) is 0 Å². The SMILES string of the molecule is CCc1ccc([C@H]2CC[C@H](OCCC[Si](OC)(OC)OC)CC2)cc1. The number of benzene rings is 1. The summed E-state index contributed by atoms with van der Waals surface area (Å²) in [4.78, 5) is 0. The van der Waals surface area contributed by atoms with Crippen LogP contribution in [0.5, 0.6) is 0 Å². The molecule has 0 heterocycles. The highest BCUT2D eigenvalue weighted by atomic mass is 28.4. The Bertz CT molecular complexity index is 471. The Morgan fingerprint density at radius 2 is 1.52 bits per heavy atom. The Kier molecular flexibility index (Phi) is 8.59. The number of aryl methyl sites for hydroxylation is 1. The van der Waals surface area contributed by atoms with Crippen molar-refractivity contribution in [2.24, 2.45) is 0 Å². The van der Waals surface area contributed by atoms with Crippen LogP contribution in [0.3, 0.4) is 0 Å². The zero-order valence-electron chi connectivity index (χ0n) is 16.3. The Balaban J connectivity index is 1.68. The van der Waals surface area contributed by atoms with Crippen LogP contribution in [0.25, 0.3) is 0 Å². The summed E-state index contributed by atoms with van der Waals surface area (Å²) in [5, 5.41) is 0. The fourth-order valence-electron chi connectivity index (χ4n) is 3.68. The molecule has 0 unspecified atom stereocenters. The van der Waals surface area contributed by atoms with Crippen LogP contribution in [-0.4, -0.2) is 42.8 Å². The normalized spacial score (nSPS) is 21.4. The molecule has 4 nitrogen and oxygen atoms in total. The molecule has 1 aromatic carbocycles. The lowest BCUT2D eigenvalue weighted by molar-refractivity contribution is 0.0225. The highest BCUT2D eigenvalue weighted by molar-refractivity contribution is 6.60. The summed E-state index contributed by atoms with van der Waals surface area (Å²) in [5.74, 6) is 0.696. The Morgan fingerprint density at radius 1 is 0.920 bits per heavy atom. The van der Waals surface area contributed by atoms with Gasteiger partial charge in [0.2, 0.25) is 0 Å². The molecule has 1 aliphatic rings. The third kappa shape index (κ3) is 5.90. The molecule has 0 aromatic heterocycles. The van der Waals surface area contributed by atoms with E-state index in [1.165, 1.54) is 24.0 Å². The zero-order chi connectivity index (χ0) is 18.1. The molecule has 1 saturated carbocycles. The van der Waals surface area contributed by atoms with Crippen molar-refractivity contribution in [3.05, 3.63) is 35.4 Å². The van der Waals surface area contributed by atoms with Crippen LogP contribution < -0.4 is 0 Å². The summed E-state index contributed by atoms with van der Waals surface area (Å²) in [6.45, 7) is 2.96. The molecule has 0 spiro atoms. The van der Waals surface area contributed by atoms with Gasteiger partial charge < -0.3 is 18.0 Å². The zero-order valence-corrected chi connectivity index (χ0v) is 17.3. The minimum absolute atomic E-state index is 0.398. The molecule has 0 aliphatic heterocycles. The standard InChI is InChI=1S/C20H34O4Si/c1-5-17-7-9-18(10-8-17)19-11-13-20(14-12-19)24-15-6-16-25(21-2,22-3)23-4/h7-10,19-20H,5-6,11-16H2,1-4H3/t19-,20-. The number of hydrogen-bond donors (Lipinski definition) is 0. The summed E-state index contributed by atoms with van der Waals surface area (Å²) < 4.78 is 22.4. The number of hydrogen-bond acceptors (Lipinski definition) is 4. The van der Waals surface area contributed by atoms with Crippen molar-refractivity contribution < 1.29 is 18.0 Å². The molecule has 5 heteroatoms. The van der Waals surface area contributed by atoms with Gasteiger partial charge in [0.25, 0.3) is 0 Å². The quantitative estimate of drug-likeness (QED) is 0.449. The van der Waals surface area contributed by atoms with E-state index in [4.69, 9.17) is 18.0 Å². The van der Waals surface area contributed by atoms with Crippen LogP contribution in [0.4, 0.5) is 0 Å².